The number of ether oxygens (including phenoxy) is 1. The van der Waals surface area contributed by atoms with Gasteiger partial charge < -0.3 is 25.8 Å². The van der Waals surface area contributed by atoms with Crippen LogP contribution in [-0.2, 0) is 19.1 Å². The Kier molecular flexibility index (Phi) is 10.3. The lowest BCUT2D eigenvalue weighted by atomic mass is 10.3. The van der Waals surface area contributed by atoms with Crippen LogP contribution in [0.1, 0.15) is 19.8 Å². The van der Waals surface area contributed by atoms with E-state index >= 15 is 0 Å². The molecule has 0 amide bonds. The maximum Gasteiger partial charge on any atom is 0.341 e. The minimum absolute atomic E-state index is 0.303. The molecule has 5 N–H and O–H groups in total. The predicted octanol–water partition coefficient (Wildman–Crippen LogP) is -1.24. The Hall–Kier alpha value is -1.67. The van der Waals surface area contributed by atoms with Crippen molar-refractivity contribution in [1.82, 2.24) is 0 Å². The highest BCUT2D eigenvalue weighted by Gasteiger charge is 2.07. The molecule has 0 bridgehead atoms. The zero-order valence-corrected chi connectivity index (χ0v) is 8.75. The average Bonchev–Trinajstić information content (AvgIpc) is 2.10. The predicted molar refractivity (Wildman–Crippen MR) is 51.3 cm³/mol. The maximum absolute atomic E-state index is 10.5. The number of hydrogen-bond acceptors (Lipinski definition) is 6. The molecule has 0 aromatic carbocycles. The van der Waals surface area contributed by atoms with Gasteiger partial charge in [-0.15, -0.1) is 0 Å². The molecule has 0 aliphatic carbocycles. The quantitative estimate of drug-likeness (QED) is 0.343. The summed E-state index contributed by atoms with van der Waals surface area (Å²) in [5.41, 5.74) is 4.67. The van der Waals surface area contributed by atoms with Crippen molar-refractivity contribution in [2.24, 2.45) is 5.73 Å². The molecule has 8 heteroatoms. The molecule has 1 atom stereocenters. The lowest BCUT2D eigenvalue weighted by Gasteiger charge is -1.98. The summed E-state index contributed by atoms with van der Waals surface area (Å²) in [6.07, 6.45) is -1.32. The molecule has 0 heterocycles. The van der Waals surface area contributed by atoms with Gasteiger partial charge in [0.2, 0.25) is 0 Å². The van der Waals surface area contributed by atoms with E-state index in [0.29, 0.717) is 0 Å². The van der Waals surface area contributed by atoms with Crippen LogP contribution in [0.3, 0.4) is 0 Å². The van der Waals surface area contributed by atoms with Crippen LogP contribution >= 0.6 is 0 Å². The summed E-state index contributed by atoms with van der Waals surface area (Å²) in [5.74, 6) is -3.21. The Labute approximate surface area is 91.6 Å². The molecule has 0 fully saturated rings. The molecule has 8 nitrogen and oxygen atoms in total. The molecule has 1 unspecified atom stereocenters. The monoisotopic (exact) mass is 237 g/mol. The van der Waals surface area contributed by atoms with E-state index in [1.807, 2.05) is 0 Å². The van der Waals surface area contributed by atoms with E-state index in [-0.39, 0.29) is 12.8 Å². The fourth-order valence-corrected chi connectivity index (χ4v) is 0.423. The van der Waals surface area contributed by atoms with Crippen molar-refractivity contribution in [1.29, 1.82) is 0 Å². The number of aliphatic hydroxyl groups is 1. The highest BCUT2D eigenvalue weighted by molar-refractivity contribution is 5.78. The van der Waals surface area contributed by atoms with Crippen molar-refractivity contribution in [3.05, 3.63) is 0 Å². The summed E-state index contributed by atoms with van der Waals surface area (Å²) in [6.45, 7) is 0.776. The molecular formula is C8H15NO7. The SMILES string of the molecule is CC(N)O.O=C(O)CCC(=O)OCC(=O)O. The molecule has 0 aliphatic rings. The number of rotatable bonds is 5. The van der Waals surface area contributed by atoms with Crippen molar-refractivity contribution >= 4 is 17.9 Å². The van der Waals surface area contributed by atoms with Crippen LogP contribution in [0.4, 0.5) is 0 Å². The Morgan fingerprint density at radius 2 is 1.62 bits per heavy atom. The van der Waals surface area contributed by atoms with Crippen LogP contribution in [0.5, 0.6) is 0 Å². The van der Waals surface area contributed by atoms with Crippen LogP contribution in [-0.4, -0.2) is 46.1 Å². The van der Waals surface area contributed by atoms with Crippen molar-refractivity contribution in [3.63, 3.8) is 0 Å². The number of aliphatic hydroxyl groups excluding tert-OH is 1. The molecule has 0 aromatic rings. The third kappa shape index (κ3) is 22.8. The van der Waals surface area contributed by atoms with Gasteiger partial charge in [0.05, 0.1) is 19.1 Å². The minimum atomic E-state index is -1.27. The van der Waals surface area contributed by atoms with E-state index in [9.17, 15) is 14.4 Å². The lowest BCUT2D eigenvalue weighted by Crippen LogP contribution is -2.13. The van der Waals surface area contributed by atoms with Crippen LogP contribution in [0.15, 0.2) is 0 Å². The first-order valence-electron chi connectivity index (χ1n) is 4.28. The Morgan fingerprint density at radius 3 is 1.94 bits per heavy atom. The van der Waals surface area contributed by atoms with Gasteiger partial charge in [0, 0.05) is 0 Å². The fraction of sp³-hybridized carbons (Fsp3) is 0.625. The molecule has 94 valence electrons. The van der Waals surface area contributed by atoms with Gasteiger partial charge in [-0.1, -0.05) is 0 Å². The van der Waals surface area contributed by atoms with E-state index < -0.39 is 30.7 Å². The first kappa shape index (κ1) is 16.7. The number of hydrogen-bond donors (Lipinski definition) is 4. The van der Waals surface area contributed by atoms with E-state index in [0.717, 1.165) is 0 Å². The third-order valence-electron chi connectivity index (χ3n) is 0.900. The van der Waals surface area contributed by atoms with Gasteiger partial charge in [-0.25, -0.2) is 4.79 Å². The molecule has 0 saturated heterocycles. The summed E-state index contributed by atoms with van der Waals surface area (Å²) in [6, 6.07) is 0. The topological polar surface area (TPSA) is 147 Å². The second kappa shape index (κ2) is 9.87. The minimum Gasteiger partial charge on any atom is -0.481 e. The molecule has 0 spiro atoms. The number of nitrogens with two attached hydrogens (primary N) is 1. The number of aliphatic carboxylic acids is 2. The van der Waals surface area contributed by atoms with Crippen LogP contribution in [0, 0.1) is 0 Å². The molecule has 0 rings (SSSR count). The average molecular weight is 237 g/mol. The highest BCUT2D eigenvalue weighted by Crippen LogP contribution is 1.92. The van der Waals surface area contributed by atoms with Gasteiger partial charge >= 0.3 is 17.9 Å². The maximum atomic E-state index is 10.5. The zero-order chi connectivity index (χ0) is 13.1. The third-order valence-corrected chi connectivity index (χ3v) is 0.900. The first-order valence-corrected chi connectivity index (χ1v) is 4.28. The number of carboxylic acids is 2. The van der Waals surface area contributed by atoms with Crippen LogP contribution in [0.2, 0.25) is 0 Å². The van der Waals surface area contributed by atoms with Crippen molar-refractivity contribution in [3.8, 4) is 0 Å². The van der Waals surface area contributed by atoms with E-state index in [1.54, 1.807) is 0 Å². The van der Waals surface area contributed by atoms with Gasteiger partial charge in [-0.05, 0) is 6.92 Å². The molecule has 0 aliphatic heterocycles. The summed E-state index contributed by atoms with van der Waals surface area (Å²) >= 11 is 0. The van der Waals surface area contributed by atoms with E-state index in [2.05, 4.69) is 10.5 Å². The molecule has 0 radical (unpaired) electrons. The molecular weight excluding hydrogens is 222 g/mol. The lowest BCUT2D eigenvalue weighted by molar-refractivity contribution is -0.156. The number of carbonyl (C=O) groups is 3. The summed E-state index contributed by atoms with van der Waals surface area (Å²) in [4.78, 5) is 30.3. The van der Waals surface area contributed by atoms with Gasteiger partial charge in [-0.2, -0.15) is 0 Å². The fourth-order valence-electron chi connectivity index (χ4n) is 0.423. The van der Waals surface area contributed by atoms with Gasteiger partial charge in [0.15, 0.2) is 6.61 Å². The summed E-state index contributed by atoms with van der Waals surface area (Å²) in [7, 11) is 0. The first-order chi connectivity index (χ1) is 7.25. The second-order valence-electron chi connectivity index (χ2n) is 2.69. The normalized spacial score (nSPS) is 10.7. The van der Waals surface area contributed by atoms with E-state index in [4.69, 9.17) is 15.3 Å². The largest absolute Gasteiger partial charge is 0.481 e. The van der Waals surface area contributed by atoms with Crippen molar-refractivity contribution in [2.45, 2.75) is 26.0 Å². The number of carboxylic acid groups (broad SMARTS) is 2. The van der Waals surface area contributed by atoms with E-state index in [1.165, 1.54) is 6.92 Å². The van der Waals surface area contributed by atoms with Crippen molar-refractivity contribution < 1.29 is 34.4 Å². The number of carbonyl (C=O) groups excluding carboxylic acids is 1. The highest BCUT2D eigenvalue weighted by atomic mass is 16.5. The Morgan fingerprint density at radius 1 is 1.19 bits per heavy atom. The van der Waals surface area contributed by atoms with Crippen LogP contribution < -0.4 is 5.73 Å². The summed E-state index contributed by atoms with van der Waals surface area (Å²) < 4.78 is 4.15. The van der Waals surface area contributed by atoms with Gasteiger partial charge in [0.1, 0.15) is 0 Å². The zero-order valence-electron chi connectivity index (χ0n) is 8.75. The number of esters is 1. The Balaban J connectivity index is 0. The Bertz CT molecular complexity index is 216. The van der Waals surface area contributed by atoms with Gasteiger partial charge in [0.25, 0.3) is 0 Å². The molecule has 16 heavy (non-hydrogen) atoms. The van der Waals surface area contributed by atoms with Gasteiger partial charge in [-0.3, -0.25) is 9.59 Å². The summed E-state index contributed by atoms with van der Waals surface area (Å²) in [5, 5.41) is 24.0. The molecule has 0 aromatic heterocycles. The van der Waals surface area contributed by atoms with Crippen molar-refractivity contribution in [2.75, 3.05) is 6.61 Å². The molecule has 0 saturated carbocycles. The smallest absolute Gasteiger partial charge is 0.341 e. The second-order valence-corrected chi connectivity index (χ2v) is 2.69. The van der Waals surface area contributed by atoms with Crippen LogP contribution in [0.25, 0.3) is 0 Å². The standard InChI is InChI=1S/C6H8O6.C2H7NO/c7-4(8)1-2-6(11)12-3-5(9)10;1-2(3)4/h1-3H2,(H,7,8)(H,9,10);2,4H,3H2,1H3.